The Bertz CT molecular complexity index is 2810. The van der Waals surface area contributed by atoms with E-state index >= 15 is 0 Å². The Hall–Kier alpha value is -6.01. The number of hydrogen-bond donors (Lipinski definition) is 0. The smallest absolute Gasteiger partial charge is 0.164 e. The molecule has 0 spiro atoms. The van der Waals surface area contributed by atoms with Crippen molar-refractivity contribution in [2.45, 2.75) is 0 Å². The number of thiophene rings is 2. The second-order valence-corrected chi connectivity index (χ2v) is 14.5. The van der Waals surface area contributed by atoms with E-state index in [4.69, 9.17) is 15.0 Å². The van der Waals surface area contributed by atoms with Crippen molar-refractivity contribution in [1.29, 1.82) is 0 Å². The third-order valence-corrected chi connectivity index (χ3v) is 11.7. The number of hydrogen-bond acceptors (Lipinski definition) is 5. The molecular weight excluding hydrogens is 647 g/mol. The first-order valence-electron chi connectivity index (χ1n) is 16.6. The summed E-state index contributed by atoms with van der Waals surface area (Å²) < 4.78 is 5.13. The molecule has 0 aliphatic heterocycles. The fourth-order valence-electron chi connectivity index (χ4n) is 6.95. The van der Waals surface area contributed by atoms with E-state index in [9.17, 15) is 0 Å². The normalized spacial score (nSPS) is 11.6. The first-order valence-corrected chi connectivity index (χ1v) is 18.2. The predicted molar refractivity (Wildman–Crippen MR) is 213 cm³/mol. The van der Waals surface area contributed by atoms with Crippen LogP contribution in [0.15, 0.2) is 164 Å². The molecule has 0 fully saturated rings. The number of nitrogens with zero attached hydrogens (tertiary/aromatic N) is 3. The number of aromatic nitrogens is 3. The molecule has 3 heterocycles. The fourth-order valence-corrected chi connectivity index (χ4v) is 9.31. The number of benzene rings is 7. The van der Waals surface area contributed by atoms with Crippen LogP contribution in [0.25, 0.3) is 96.8 Å². The fraction of sp³-hybridized carbons (Fsp3) is 0. The zero-order chi connectivity index (χ0) is 33.0. The van der Waals surface area contributed by atoms with Gasteiger partial charge in [-0.05, 0) is 41.0 Å². The van der Waals surface area contributed by atoms with E-state index in [0.717, 1.165) is 16.7 Å². The molecule has 3 aromatic heterocycles. The number of fused-ring (bicyclic) bond motifs is 6. The Balaban J connectivity index is 1.11. The lowest BCUT2D eigenvalue weighted by molar-refractivity contribution is 1.07. The average Bonchev–Trinajstić information content (AvgIpc) is 3.76. The monoisotopic (exact) mass is 673 g/mol. The summed E-state index contributed by atoms with van der Waals surface area (Å²) in [6.45, 7) is 0. The lowest BCUT2D eigenvalue weighted by Gasteiger charge is -2.11. The summed E-state index contributed by atoms with van der Waals surface area (Å²) >= 11 is 3.69. The molecule has 234 valence electrons. The molecule has 0 bridgehead atoms. The molecule has 0 atom stereocenters. The van der Waals surface area contributed by atoms with E-state index in [1.165, 1.54) is 62.6 Å². The highest BCUT2D eigenvalue weighted by Crippen LogP contribution is 2.44. The van der Waals surface area contributed by atoms with E-state index in [-0.39, 0.29) is 0 Å². The number of rotatable bonds is 5. The Morgan fingerprint density at radius 1 is 0.300 bits per heavy atom. The quantitative estimate of drug-likeness (QED) is 0.182. The van der Waals surface area contributed by atoms with Gasteiger partial charge < -0.3 is 0 Å². The zero-order valence-electron chi connectivity index (χ0n) is 26.7. The molecule has 0 unspecified atom stereocenters. The van der Waals surface area contributed by atoms with Crippen molar-refractivity contribution in [2.75, 3.05) is 0 Å². The van der Waals surface area contributed by atoms with E-state index in [2.05, 4.69) is 103 Å². The van der Waals surface area contributed by atoms with E-state index in [1.807, 2.05) is 83.3 Å². The van der Waals surface area contributed by atoms with Crippen LogP contribution in [0.2, 0.25) is 0 Å². The molecule has 0 saturated carbocycles. The van der Waals surface area contributed by atoms with Crippen LogP contribution in [-0.4, -0.2) is 15.0 Å². The van der Waals surface area contributed by atoms with Gasteiger partial charge in [-0.2, -0.15) is 0 Å². The topological polar surface area (TPSA) is 38.7 Å². The minimum atomic E-state index is 0.665. The molecule has 7 aromatic carbocycles. The van der Waals surface area contributed by atoms with Crippen LogP contribution >= 0.6 is 22.7 Å². The standard InChI is InChI=1S/C45H27N3S2/c1-3-12-28(13-4-1)43-46-44(29-14-5-2-6-15-29)48-45(47-43)31-22-24-35-37-20-11-19-36(42(37)50-41(35)27-31)33-17-8-7-16-32(33)30-23-25-40-38(26-30)34-18-9-10-21-39(34)49-40/h1-27H. The van der Waals surface area contributed by atoms with E-state index < -0.39 is 0 Å². The van der Waals surface area contributed by atoms with Gasteiger partial charge in [-0.3, -0.25) is 0 Å². The third kappa shape index (κ3) is 4.90. The summed E-state index contributed by atoms with van der Waals surface area (Å²) in [5.41, 5.74) is 7.85. The van der Waals surface area contributed by atoms with E-state index in [1.54, 1.807) is 0 Å². The molecule has 10 rings (SSSR count). The zero-order valence-corrected chi connectivity index (χ0v) is 28.4. The van der Waals surface area contributed by atoms with Gasteiger partial charge in [0.15, 0.2) is 17.5 Å². The maximum Gasteiger partial charge on any atom is 0.164 e. The van der Waals surface area contributed by atoms with Gasteiger partial charge in [0.1, 0.15) is 0 Å². The second-order valence-electron chi connectivity index (χ2n) is 12.4. The summed E-state index contributed by atoms with van der Waals surface area (Å²) in [5.74, 6) is 2.00. The first kappa shape index (κ1) is 29.0. The van der Waals surface area contributed by atoms with Gasteiger partial charge in [0.25, 0.3) is 0 Å². The summed E-state index contributed by atoms with van der Waals surface area (Å²) in [4.78, 5) is 14.9. The molecule has 50 heavy (non-hydrogen) atoms. The minimum Gasteiger partial charge on any atom is -0.208 e. The van der Waals surface area contributed by atoms with Crippen LogP contribution in [-0.2, 0) is 0 Å². The van der Waals surface area contributed by atoms with Gasteiger partial charge in [0.2, 0.25) is 0 Å². The lowest BCUT2D eigenvalue weighted by Crippen LogP contribution is -1.99. The van der Waals surface area contributed by atoms with Gasteiger partial charge in [-0.15, -0.1) is 22.7 Å². The van der Waals surface area contributed by atoms with Gasteiger partial charge in [0.05, 0.1) is 0 Å². The maximum absolute atomic E-state index is 4.99. The lowest BCUT2D eigenvalue weighted by atomic mass is 9.93. The highest BCUT2D eigenvalue weighted by molar-refractivity contribution is 7.26. The highest BCUT2D eigenvalue weighted by Gasteiger charge is 2.17. The molecule has 0 saturated heterocycles. The minimum absolute atomic E-state index is 0.665. The summed E-state index contributed by atoms with van der Waals surface area (Å²) in [6, 6.07) is 58.0. The SMILES string of the molecule is c1ccc(-c2nc(-c3ccccc3)nc(-c3ccc4c(c3)sc3c(-c5ccccc5-c5ccc6sc7ccccc7c6c5)cccc34)n2)cc1. The Labute approximate surface area is 296 Å². The maximum atomic E-state index is 4.99. The summed E-state index contributed by atoms with van der Waals surface area (Å²) in [7, 11) is 0. The van der Waals surface area contributed by atoms with Gasteiger partial charge in [-0.25, -0.2) is 15.0 Å². The molecule has 10 aromatic rings. The van der Waals surface area contributed by atoms with E-state index in [0.29, 0.717) is 17.5 Å². The van der Waals surface area contributed by atoms with Gasteiger partial charge >= 0.3 is 0 Å². The van der Waals surface area contributed by atoms with Crippen molar-refractivity contribution in [1.82, 2.24) is 15.0 Å². The Kier molecular flexibility index (Phi) is 6.86. The second kappa shape index (κ2) is 11.8. The van der Waals surface area contributed by atoms with Gasteiger partial charge in [0, 0.05) is 62.6 Å². The molecule has 0 N–H and O–H groups in total. The molecule has 3 nitrogen and oxygen atoms in total. The van der Waals surface area contributed by atoms with Crippen molar-refractivity contribution in [2.24, 2.45) is 0 Å². The van der Waals surface area contributed by atoms with Gasteiger partial charge in [-0.1, -0.05) is 140 Å². The van der Waals surface area contributed by atoms with Crippen molar-refractivity contribution < 1.29 is 0 Å². The first-order chi connectivity index (χ1) is 24.8. The van der Waals surface area contributed by atoms with Crippen LogP contribution in [0.4, 0.5) is 0 Å². The molecule has 0 aliphatic carbocycles. The molecule has 0 aliphatic rings. The Morgan fingerprint density at radius 3 is 1.62 bits per heavy atom. The molecule has 5 heteroatoms. The van der Waals surface area contributed by atoms with Crippen molar-refractivity contribution in [3.63, 3.8) is 0 Å². The van der Waals surface area contributed by atoms with Crippen LogP contribution in [0.3, 0.4) is 0 Å². The average molecular weight is 674 g/mol. The largest absolute Gasteiger partial charge is 0.208 e. The van der Waals surface area contributed by atoms with Crippen molar-refractivity contribution >= 4 is 63.0 Å². The third-order valence-electron chi connectivity index (χ3n) is 9.36. The predicted octanol–water partition coefficient (Wildman–Crippen LogP) is 12.9. The summed E-state index contributed by atoms with van der Waals surface area (Å²) in [6.07, 6.45) is 0. The molecular formula is C45H27N3S2. The Morgan fingerprint density at radius 2 is 0.860 bits per heavy atom. The van der Waals surface area contributed by atoms with Crippen LogP contribution in [0.1, 0.15) is 0 Å². The van der Waals surface area contributed by atoms with Crippen molar-refractivity contribution in [3.8, 4) is 56.4 Å². The summed E-state index contributed by atoms with van der Waals surface area (Å²) in [5, 5.41) is 5.13. The van der Waals surface area contributed by atoms with Crippen LogP contribution in [0.5, 0.6) is 0 Å². The van der Waals surface area contributed by atoms with Crippen LogP contribution in [0, 0.1) is 0 Å². The van der Waals surface area contributed by atoms with Crippen molar-refractivity contribution in [3.05, 3.63) is 164 Å². The molecule has 0 radical (unpaired) electrons. The molecule has 0 amide bonds. The highest BCUT2D eigenvalue weighted by atomic mass is 32.1. The van der Waals surface area contributed by atoms with Crippen LogP contribution < -0.4 is 0 Å².